The van der Waals surface area contributed by atoms with Crippen molar-refractivity contribution in [2.75, 3.05) is 31.7 Å². The van der Waals surface area contributed by atoms with Crippen LogP contribution >= 0.6 is 0 Å². The predicted molar refractivity (Wildman–Crippen MR) is 72.0 cm³/mol. The van der Waals surface area contributed by atoms with Gasteiger partial charge < -0.3 is 16.0 Å². The average molecular weight is 235 g/mol. The fourth-order valence-electron chi connectivity index (χ4n) is 1.56. The maximum atomic E-state index is 11.7. The van der Waals surface area contributed by atoms with Crippen molar-refractivity contribution in [1.29, 1.82) is 0 Å². The van der Waals surface area contributed by atoms with E-state index in [2.05, 4.69) is 10.2 Å². The van der Waals surface area contributed by atoms with E-state index in [0.29, 0.717) is 12.1 Å². The van der Waals surface area contributed by atoms with Crippen molar-refractivity contribution in [2.24, 2.45) is 0 Å². The number of nitrogens with one attached hydrogen (secondary N) is 1. The first kappa shape index (κ1) is 13.5. The standard InChI is InChI=1S/C13H21N3O/c1-10-11(14)6-4-7-12(10)15-13(17)8-5-9-16(2)3/h4,6-7H,5,8-9,14H2,1-3H3,(H,15,17). The summed E-state index contributed by atoms with van der Waals surface area (Å²) < 4.78 is 0. The molecule has 1 rings (SSSR count). The number of rotatable bonds is 5. The van der Waals surface area contributed by atoms with Crippen LogP contribution in [-0.2, 0) is 4.79 Å². The van der Waals surface area contributed by atoms with Gasteiger partial charge in [-0.15, -0.1) is 0 Å². The molecule has 0 saturated heterocycles. The highest BCUT2D eigenvalue weighted by Crippen LogP contribution is 2.20. The van der Waals surface area contributed by atoms with E-state index in [0.717, 1.165) is 24.2 Å². The summed E-state index contributed by atoms with van der Waals surface area (Å²) in [6.07, 6.45) is 1.40. The molecular weight excluding hydrogens is 214 g/mol. The SMILES string of the molecule is Cc1c(N)cccc1NC(=O)CCCN(C)C. The van der Waals surface area contributed by atoms with E-state index in [9.17, 15) is 4.79 Å². The zero-order chi connectivity index (χ0) is 12.8. The second-order valence-electron chi connectivity index (χ2n) is 4.47. The minimum absolute atomic E-state index is 0.0422. The van der Waals surface area contributed by atoms with Crippen LogP contribution in [0.4, 0.5) is 11.4 Å². The first-order valence-corrected chi connectivity index (χ1v) is 5.80. The van der Waals surface area contributed by atoms with Crippen LogP contribution in [0.25, 0.3) is 0 Å². The van der Waals surface area contributed by atoms with Gasteiger partial charge in [0, 0.05) is 17.8 Å². The Labute approximate surface area is 103 Å². The number of amides is 1. The van der Waals surface area contributed by atoms with Crippen molar-refractivity contribution in [3.63, 3.8) is 0 Å². The molecular formula is C13H21N3O. The smallest absolute Gasteiger partial charge is 0.224 e. The summed E-state index contributed by atoms with van der Waals surface area (Å²) in [6, 6.07) is 5.55. The number of carbonyl (C=O) groups is 1. The molecule has 4 nitrogen and oxygen atoms in total. The lowest BCUT2D eigenvalue weighted by atomic mass is 10.1. The Bertz CT molecular complexity index is 388. The van der Waals surface area contributed by atoms with Crippen LogP contribution in [0.3, 0.4) is 0 Å². The Morgan fingerprint density at radius 1 is 1.41 bits per heavy atom. The number of anilines is 2. The molecule has 1 amide bonds. The van der Waals surface area contributed by atoms with Gasteiger partial charge in [0.1, 0.15) is 0 Å². The summed E-state index contributed by atoms with van der Waals surface area (Å²) in [5, 5.41) is 2.89. The van der Waals surface area contributed by atoms with E-state index in [1.54, 1.807) is 0 Å². The van der Waals surface area contributed by atoms with Crippen LogP contribution in [0.2, 0.25) is 0 Å². The fourth-order valence-corrected chi connectivity index (χ4v) is 1.56. The number of hydrogen-bond donors (Lipinski definition) is 2. The maximum Gasteiger partial charge on any atom is 0.224 e. The third-order valence-electron chi connectivity index (χ3n) is 2.66. The third kappa shape index (κ3) is 4.44. The number of nitrogens with two attached hydrogens (primary N) is 1. The molecule has 1 aromatic rings. The molecule has 0 spiro atoms. The summed E-state index contributed by atoms with van der Waals surface area (Å²) in [5.41, 5.74) is 8.21. The number of hydrogen-bond acceptors (Lipinski definition) is 3. The summed E-state index contributed by atoms with van der Waals surface area (Å²) in [5.74, 6) is 0.0422. The molecule has 0 fully saturated rings. The van der Waals surface area contributed by atoms with Crippen molar-refractivity contribution >= 4 is 17.3 Å². The predicted octanol–water partition coefficient (Wildman–Crippen LogP) is 1.86. The first-order valence-electron chi connectivity index (χ1n) is 5.80. The van der Waals surface area contributed by atoms with Crippen molar-refractivity contribution in [3.8, 4) is 0 Å². The van der Waals surface area contributed by atoms with Gasteiger partial charge in [-0.05, 0) is 51.7 Å². The molecule has 3 N–H and O–H groups in total. The van der Waals surface area contributed by atoms with Gasteiger partial charge in [-0.3, -0.25) is 4.79 Å². The van der Waals surface area contributed by atoms with Gasteiger partial charge in [-0.1, -0.05) is 6.07 Å². The molecule has 0 radical (unpaired) electrons. The maximum absolute atomic E-state index is 11.7. The van der Waals surface area contributed by atoms with Crippen LogP contribution in [-0.4, -0.2) is 31.4 Å². The van der Waals surface area contributed by atoms with Crippen molar-refractivity contribution in [3.05, 3.63) is 23.8 Å². The molecule has 0 atom stereocenters. The van der Waals surface area contributed by atoms with Crippen LogP contribution in [0.1, 0.15) is 18.4 Å². The summed E-state index contributed by atoms with van der Waals surface area (Å²) in [4.78, 5) is 13.8. The molecule has 0 unspecified atom stereocenters. The van der Waals surface area contributed by atoms with Crippen molar-refractivity contribution in [1.82, 2.24) is 4.90 Å². The van der Waals surface area contributed by atoms with Gasteiger partial charge in [0.05, 0.1) is 0 Å². The second-order valence-corrected chi connectivity index (χ2v) is 4.47. The fraction of sp³-hybridized carbons (Fsp3) is 0.462. The van der Waals surface area contributed by atoms with E-state index in [-0.39, 0.29) is 5.91 Å². The van der Waals surface area contributed by atoms with Crippen LogP contribution < -0.4 is 11.1 Å². The molecule has 0 bridgehead atoms. The van der Waals surface area contributed by atoms with E-state index < -0.39 is 0 Å². The Morgan fingerprint density at radius 2 is 2.12 bits per heavy atom. The molecule has 0 aromatic heterocycles. The minimum Gasteiger partial charge on any atom is -0.398 e. The number of carbonyl (C=O) groups excluding carboxylic acids is 1. The molecule has 0 saturated carbocycles. The monoisotopic (exact) mass is 235 g/mol. The van der Waals surface area contributed by atoms with Gasteiger partial charge >= 0.3 is 0 Å². The normalized spacial score (nSPS) is 10.6. The van der Waals surface area contributed by atoms with Crippen LogP contribution in [0, 0.1) is 6.92 Å². The number of benzene rings is 1. The lowest BCUT2D eigenvalue weighted by molar-refractivity contribution is -0.116. The average Bonchev–Trinajstić information content (AvgIpc) is 2.24. The van der Waals surface area contributed by atoms with E-state index >= 15 is 0 Å². The Hall–Kier alpha value is -1.55. The number of nitrogens with zero attached hydrogens (tertiary/aromatic N) is 1. The first-order chi connectivity index (χ1) is 8.00. The zero-order valence-corrected chi connectivity index (χ0v) is 10.8. The van der Waals surface area contributed by atoms with Gasteiger partial charge in [-0.25, -0.2) is 0 Å². The Balaban J connectivity index is 2.48. The van der Waals surface area contributed by atoms with Crippen molar-refractivity contribution < 1.29 is 4.79 Å². The summed E-state index contributed by atoms with van der Waals surface area (Å²) >= 11 is 0. The quantitative estimate of drug-likeness (QED) is 0.766. The summed E-state index contributed by atoms with van der Waals surface area (Å²) in [6.45, 7) is 2.83. The van der Waals surface area contributed by atoms with Gasteiger partial charge in [0.15, 0.2) is 0 Å². The largest absolute Gasteiger partial charge is 0.398 e. The molecule has 0 aliphatic carbocycles. The molecule has 0 aliphatic heterocycles. The van der Waals surface area contributed by atoms with Gasteiger partial charge in [-0.2, -0.15) is 0 Å². The molecule has 94 valence electrons. The highest BCUT2D eigenvalue weighted by Gasteiger charge is 2.06. The second kappa shape index (κ2) is 6.25. The topological polar surface area (TPSA) is 58.4 Å². The van der Waals surface area contributed by atoms with E-state index in [4.69, 9.17) is 5.73 Å². The number of nitrogen functional groups attached to an aromatic ring is 1. The lowest BCUT2D eigenvalue weighted by Crippen LogP contribution is -2.17. The third-order valence-corrected chi connectivity index (χ3v) is 2.66. The van der Waals surface area contributed by atoms with E-state index in [1.165, 1.54) is 0 Å². The summed E-state index contributed by atoms with van der Waals surface area (Å²) in [7, 11) is 4.00. The van der Waals surface area contributed by atoms with Crippen LogP contribution in [0.15, 0.2) is 18.2 Å². The van der Waals surface area contributed by atoms with Crippen LogP contribution in [0.5, 0.6) is 0 Å². The van der Waals surface area contributed by atoms with Gasteiger partial charge in [0.25, 0.3) is 0 Å². The lowest BCUT2D eigenvalue weighted by Gasteiger charge is -2.11. The van der Waals surface area contributed by atoms with Gasteiger partial charge in [0.2, 0.25) is 5.91 Å². The van der Waals surface area contributed by atoms with E-state index in [1.807, 2.05) is 39.2 Å². The molecule has 0 heterocycles. The minimum atomic E-state index is 0.0422. The zero-order valence-electron chi connectivity index (χ0n) is 10.8. The molecule has 17 heavy (non-hydrogen) atoms. The highest BCUT2D eigenvalue weighted by molar-refractivity contribution is 5.92. The Morgan fingerprint density at radius 3 is 2.76 bits per heavy atom. The molecule has 0 aliphatic rings. The highest BCUT2D eigenvalue weighted by atomic mass is 16.1. The Kier molecular flexibility index (Phi) is 4.97. The molecule has 1 aromatic carbocycles. The molecule has 4 heteroatoms. The van der Waals surface area contributed by atoms with Crippen molar-refractivity contribution in [2.45, 2.75) is 19.8 Å².